The van der Waals surface area contributed by atoms with E-state index in [1.54, 1.807) is 19.1 Å². The van der Waals surface area contributed by atoms with Crippen molar-refractivity contribution in [3.05, 3.63) is 65.5 Å². The van der Waals surface area contributed by atoms with Crippen LogP contribution in [0, 0.1) is 6.92 Å². The highest BCUT2D eigenvalue weighted by molar-refractivity contribution is 5.76. The third-order valence-electron chi connectivity index (χ3n) is 4.34. The van der Waals surface area contributed by atoms with Crippen LogP contribution in [0.2, 0.25) is 0 Å². The maximum Gasteiger partial charge on any atom is 0.227 e. The first-order valence-electron chi connectivity index (χ1n) is 8.81. The maximum absolute atomic E-state index is 12.4. The summed E-state index contributed by atoms with van der Waals surface area (Å²) in [4.78, 5) is 18.4. The molecule has 0 aliphatic rings. The van der Waals surface area contributed by atoms with Crippen LogP contribution >= 0.6 is 0 Å². The van der Waals surface area contributed by atoms with Crippen LogP contribution in [0.4, 0.5) is 0 Å². The first-order valence-corrected chi connectivity index (χ1v) is 8.81. The second-order valence-electron chi connectivity index (χ2n) is 6.48. The largest absolute Gasteiger partial charge is 0.497 e. The van der Waals surface area contributed by atoms with Crippen molar-refractivity contribution in [2.75, 3.05) is 14.2 Å². The van der Waals surface area contributed by atoms with Crippen LogP contribution in [-0.2, 0) is 17.8 Å². The molecule has 0 saturated carbocycles. The fourth-order valence-electron chi connectivity index (χ4n) is 2.67. The second-order valence-corrected chi connectivity index (χ2v) is 6.48. The van der Waals surface area contributed by atoms with Gasteiger partial charge >= 0.3 is 0 Å². The Balaban J connectivity index is 1.54. The molecule has 1 heterocycles. The summed E-state index contributed by atoms with van der Waals surface area (Å²) in [5.41, 5.74) is 3.15. The smallest absolute Gasteiger partial charge is 0.227 e. The summed E-state index contributed by atoms with van der Waals surface area (Å²) in [6, 6.07) is 15.6. The average molecular weight is 365 g/mol. The van der Waals surface area contributed by atoms with E-state index in [1.165, 1.54) is 5.56 Å². The lowest BCUT2D eigenvalue weighted by Gasteiger charge is -2.17. The van der Waals surface area contributed by atoms with Gasteiger partial charge in [-0.15, -0.1) is 0 Å². The van der Waals surface area contributed by atoms with E-state index in [2.05, 4.69) is 10.1 Å². The molecule has 27 heavy (non-hydrogen) atoms. The lowest BCUT2D eigenvalue weighted by atomic mass is 10.1. The van der Waals surface area contributed by atoms with Crippen LogP contribution in [0.25, 0.3) is 11.4 Å². The Morgan fingerprint density at radius 1 is 1.11 bits per heavy atom. The zero-order valence-corrected chi connectivity index (χ0v) is 15.8. The maximum atomic E-state index is 12.4. The Labute approximate surface area is 158 Å². The Morgan fingerprint density at radius 2 is 1.81 bits per heavy atom. The summed E-state index contributed by atoms with van der Waals surface area (Å²) in [6.45, 7) is 2.63. The Hall–Kier alpha value is -3.15. The minimum Gasteiger partial charge on any atom is -0.497 e. The first-order chi connectivity index (χ1) is 13.0. The monoisotopic (exact) mass is 365 g/mol. The van der Waals surface area contributed by atoms with Crippen LogP contribution in [0.15, 0.2) is 53.1 Å². The van der Waals surface area contributed by atoms with Gasteiger partial charge in [0.1, 0.15) is 5.75 Å². The van der Waals surface area contributed by atoms with Gasteiger partial charge < -0.3 is 14.2 Å². The van der Waals surface area contributed by atoms with E-state index in [0.29, 0.717) is 31.1 Å². The molecule has 3 rings (SSSR count). The van der Waals surface area contributed by atoms with E-state index in [0.717, 1.165) is 16.9 Å². The van der Waals surface area contributed by atoms with Gasteiger partial charge in [-0.1, -0.05) is 35.0 Å². The highest BCUT2D eigenvalue weighted by Gasteiger charge is 2.13. The van der Waals surface area contributed by atoms with E-state index in [-0.39, 0.29) is 5.91 Å². The molecule has 3 aromatic rings. The minimum absolute atomic E-state index is 0.0415. The lowest BCUT2D eigenvalue weighted by Crippen LogP contribution is -2.26. The molecule has 0 fully saturated rings. The summed E-state index contributed by atoms with van der Waals surface area (Å²) < 4.78 is 10.4. The van der Waals surface area contributed by atoms with Crippen LogP contribution < -0.4 is 4.74 Å². The minimum atomic E-state index is 0.0415. The zero-order valence-electron chi connectivity index (χ0n) is 15.8. The third kappa shape index (κ3) is 4.94. The molecule has 0 saturated heterocycles. The highest BCUT2D eigenvalue weighted by atomic mass is 16.5. The topological polar surface area (TPSA) is 68.5 Å². The van der Waals surface area contributed by atoms with Gasteiger partial charge in [0.15, 0.2) is 0 Å². The van der Waals surface area contributed by atoms with Gasteiger partial charge in [-0.2, -0.15) is 4.98 Å². The van der Waals surface area contributed by atoms with Crippen molar-refractivity contribution in [3.8, 4) is 17.1 Å². The number of hydrogen-bond donors (Lipinski definition) is 0. The number of carbonyl (C=O) groups is 1. The SMILES string of the molecule is COc1ccc(-c2noc(CCC(=O)N(C)Cc3ccc(C)cc3)n2)cc1. The van der Waals surface area contributed by atoms with Crippen molar-refractivity contribution in [2.24, 2.45) is 0 Å². The molecule has 140 valence electrons. The molecule has 6 nitrogen and oxygen atoms in total. The zero-order chi connectivity index (χ0) is 19.2. The van der Waals surface area contributed by atoms with Crippen LogP contribution in [0.1, 0.15) is 23.4 Å². The predicted molar refractivity (Wildman–Crippen MR) is 102 cm³/mol. The summed E-state index contributed by atoms with van der Waals surface area (Å²) in [7, 11) is 3.42. The van der Waals surface area contributed by atoms with Crippen LogP contribution in [0.3, 0.4) is 0 Å². The van der Waals surface area contributed by atoms with Crippen molar-refractivity contribution >= 4 is 5.91 Å². The van der Waals surface area contributed by atoms with E-state index < -0.39 is 0 Å². The van der Waals surface area contributed by atoms with Crippen molar-refractivity contribution in [1.82, 2.24) is 15.0 Å². The van der Waals surface area contributed by atoms with Gasteiger partial charge in [0.05, 0.1) is 7.11 Å². The molecule has 0 aliphatic heterocycles. The number of amides is 1. The van der Waals surface area contributed by atoms with E-state index in [4.69, 9.17) is 9.26 Å². The number of aryl methyl sites for hydroxylation is 2. The van der Waals surface area contributed by atoms with Gasteiger partial charge in [-0.05, 0) is 36.8 Å². The molecular weight excluding hydrogens is 342 g/mol. The van der Waals surface area contributed by atoms with Crippen molar-refractivity contribution in [3.63, 3.8) is 0 Å². The van der Waals surface area contributed by atoms with Gasteiger partial charge in [0.25, 0.3) is 0 Å². The second kappa shape index (κ2) is 8.49. The van der Waals surface area contributed by atoms with Crippen LogP contribution in [0.5, 0.6) is 5.75 Å². The van der Waals surface area contributed by atoms with Crippen molar-refractivity contribution in [1.29, 1.82) is 0 Å². The number of ether oxygens (including phenoxy) is 1. The highest BCUT2D eigenvalue weighted by Crippen LogP contribution is 2.20. The molecule has 0 atom stereocenters. The standard InChI is InChI=1S/C21H23N3O3/c1-15-4-6-16(7-5-15)14-24(2)20(25)13-12-19-22-21(23-27-19)17-8-10-18(26-3)11-9-17/h4-11H,12-14H2,1-3H3. The van der Waals surface area contributed by atoms with E-state index in [1.807, 2.05) is 55.5 Å². The fraction of sp³-hybridized carbons (Fsp3) is 0.286. The number of benzene rings is 2. The van der Waals surface area contributed by atoms with Gasteiger partial charge in [-0.3, -0.25) is 4.79 Å². The average Bonchev–Trinajstić information content (AvgIpc) is 3.17. The van der Waals surface area contributed by atoms with Crippen LogP contribution in [-0.4, -0.2) is 35.1 Å². The Morgan fingerprint density at radius 3 is 2.48 bits per heavy atom. The molecule has 0 bridgehead atoms. The molecule has 2 aromatic carbocycles. The van der Waals surface area contributed by atoms with Gasteiger partial charge in [0, 0.05) is 32.0 Å². The first kappa shape index (κ1) is 18.6. The van der Waals surface area contributed by atoms with E-state index in [9.17, 15) is 4.79 Å². The summed E-state index contributed by atoms with van der Waals surface area (Å²) in [5.74, 6) is 1.77. The summed E-state index contributed by atoms with van der Waals surface area (Å²) in [6.07, 6.45) is 0.743. The predicted octanol–water partition coefficient (Wildman–Crippen LogP) is 3.64. The fourth-order valence-corrected chi connectivity index (χ4v) is 2.67. The number of carbonyl (C=O) groups excluding carboxylic acids is 1. The summed E-state index contributed by atoms with van der Waals surface area (Å²) >= 11 is 0. The van der Waals surface area contributed by atoms with Gasteiger partial charge in [0.2, 0.25) is 17.6 Å². The number of hydrogen-bond acceptors (Lipinski definition) is 5. The molecule has 1 aromatic heterocycles. The molecule has 0 radical (unpaired) electrons. The molecule has 0 unspecified atom stereocenters. The molecule has 6 heteroatoms. The summed E-state index contributed by atoms with van der Waals surface area (Å²) in [5, 5.41) is 3.99. The molecule has 0 aliphatic carbocycles. The normalized spacial score (nSPS) is 10.6. The lowest BCUT2D eigenvalue weighted by molar-refractivity contribution is -0.130. The third-order valence-corrected chi connectivity index (χ3v) is 4.34. The number of nitrogens with zero attached hydrogens (tertiary/aromatic N) is 3. The quantitative estimate of drug-likeness (QED) is 0.639. The molecule has 0 spiro atoms. The van der Waals surface area contributed by atoms with Crippen molar-refractivity contribution in [2.45, 2.75) is 26.3 Å². The van der Waals surface area contributed by atoms with E-state index >= 15 is 0 Å². The Bertz CT molecular complexity index is 886. The number of rotatable bonds is 7. The molecule has 0 N–H and O–H groups in total. The Kier molecular flexibility index (Phi) is 5.86. The number of aromatic nitrogens is 2. The van der Waals surface area contributed by atoms with Crippen molar-refractivity contribution < 1.29 is 14.1 Å². The molecule has 1 amide bonds. The molecular formula is C21H23N3O3. The number of methoxy groups -OCH3 is 1. The van der Waals surface area contributed by atoms with Gasteiger partial charge in [-0.25, -0.2) is 0 Å².